The number of nitrogens with one attached hydrogen (secondary N) is 2. The van der Waals surface area contributed by atoms with Gasteiger partial charge in [-0.05, 0) is 41.8 Å². The summed E-state index contributed by atoms with van der Waals surface area (Å²) in [5.74, 6) is 0.0704. The van der Waals surface area contributed by atoms with Crippen molar-refractivity contribution in [2.24, 2.45) is 0 Å². The summed E-state index contributed by atoms with van der Waals surface area (Å²) in [7, 11) is 0. The van der Waals surface area contributed by atoms with Crippen molar-refractivity contribution >= 4 is 28.7 Å². The van der Waals surface area contributed by atoms with Crippen LogP contribution in [0.4, 0.5) is 5.69 Å². The van der Waals surface area contributed by atoms with Crippen LogP contribution in [0.3, 0.4) is 0 Å². The molecule has 2 aliphatic heterocycles. The van der Waals surface area contributed by atoms with E-state index >= 15 is 0 Å². The third-order valence-corrected chi connectivity index (χ3v) is 6.14. The molecule has 0 spiro atoms. The molecule has 3 heterocycles. The first-order valence-electron chi connectivity index (χ1n) is 10.6. The molecule has 0 saturated carbocycles. The third kappa shape index (κ3) is 3.45. The number of pyridine rings is 1. The van der Waals surface area contributed by atoms with E-state index in [4.69, 9.17) is 20.9 Å². The lowest BCUT2D eigenvalue weighted by Gasteiger charge is -2.27. The second-order valence-corrected chi connectivity index (χ2v) is 7.95. The van der Waals surface area contributed by atoms with Crippen molar-refractivity contribution in [2.45, 2.75) is 13.0 Å². The van der Waals surface area contributed by atoms with Gasteiger partial charge in [-0.1, -0.05) is 12.1 Å². The molecule has 158 valence electrons. The average molecular weight is 415 g/mol. The lowest BCUT2D eigenvalue weighted by Crippen LogP contribution is -2.46. The number of benzene rings is 2. The normalized spacial score (nSPS) is 16.2. The van der Waals surface area contributed by atoms with Crippen LogP contribution in [-0.2, 0) is 17.8 Å². The first kappa shape index (κ1) is 19.7. The van der Waals surface area contributed by atoms with E-state index in [1.165, 1.54) is 6.21 Å². The quantitative estimate of drug-likeness (QED) is 0.451. The summed E-state index contributed by atoms with van der Waals surface area (Å²) in [4.78, 5) is 19.6. The minimum Gasteiger partial charge on any atom is -0.398 e. The minimum absolute atomic E-state index is 0.0704. The number of anilines is 1. The van der Waals surface area contributed by atoms with Crippen LogP contribution in [0, 0.1) is 5.41 Å². The Bertz CT molecular complexity index is 1170. The van der Waals surface area contributed by atoms with Gasteiger partial charge in [0.25, 0.3) is 5.91 Å². The van der Waals surface area contributed by atoms with E-state index in [1.807, 2.05) is 35.2 Å². The molecule has 1 amide bonds. The largest absolute Gasteiger partial charge is 0.398 e. The van der Waals surface area contributed by atoms with Crippen molar-refractivity contribution in [3.05, 3.63) is 58.7 Å². The molecule has 0 bridgehead atoms. The number of nitrogens with two attached hydrogens (primary N) is 1. The Labute approximate surface area is 180 Å². The minimum atomic E-state index is 0.0704. The van der Waals surface area contributed by atoms with Crippen LogP contribution < -0.4 is 11.1 Å². The van der Waals surface area contributed by atoms with E-state index in [1.54, 1.807) is 6.07 Å². The highest BCUT2D eigenvalue weighted by Crippen LogP contribution is 2.36. The van der Waals surface area contributed by atoms with Crippen LogP contribution in [0.5, 0.6) is 0 Å². The molecule has 0 radical (unpaired) electrons. The maximum absolute atomic E-state index is 12.8. The van der Waals surface area contributed by atoms with Crippen molar-refractivity contribution in [1.82, 2.24) is 15.2 Å². The molecule has 2 aliphatic rings. The van der Waals surface area contributed by atoms with E-state index < -0.39 is 0 Å². The summed E-state index contributed by atoms with van der Waals surface area (Å²) in [6, 6.07) is 11.4. The van der Waals surface area contributed by atoms with E-state index in [0.717, 1.165) is 65.9 Å². The maximum atomic E-state index is 12.8. The van der Waals surface area contributed by atoms with Crippen molar-refractivity contribution in [3.63, 3.8) is 0 Å². The fourth-order valence-electron chi connectivity index (χ4n) is 4.51. The van der Waals surface area contributed by atoms with Crippen LogP contribution in [0.2, 0.25) is 0 Å². The van der Waals surface area contributed by atoms with Crippen molar-refractivity contribution in [3.8, 4) is 11.3 Å². The van der Waals surface area contributed by atoms with Crippen LogP contribution in [0.25, 0.3) is 22.2 Å². The van der Waals surface area contributed by atoms with Crippen LogP contribution >= 0.6 is 0 Å². The zero-order valence-corrected chi connectivity index (χ0v) is 17.3. The Kier molecular flexibility index (Phi) is 5.13. The van der Waals surface area contributed by atoms with Gasteiger partial charge < -0.3 is 26.1 Å². The number of aromatic nitrogens is 1. The zero-order chi connectivity index (χ0) is 21.4. The number of hydrogen-bond acceptors (Lipinski definition) is 6. The molecule has 1 aromatic heterocycles. The van der Waals surface area contributed by atoms with E-state index in [2.05, 4.69) is 5.32 Å². The molecule has 7 nitrogen and oxygen atoms in total. The summed E-state index contributed by atoms with van der Waals surface area (Å²) in [5.41, 5.74) is 13.0. The van der Waals surface area contributed by atoms with Crippen molar-refractivity contribution < 1.29 is 9.53 Å². The monoisotopic (exact) mass is 415 g/mol. The molecule has 0 atom stereocenters. The highest BCUT2D eigenvalue weighted by molar-refractivity contribution is 6.05. The van der Waals surface area contributed by atoms with E-state index in [0.29, 0.717) is 30.0 Å². The van der Waals surface area contributed by atoms with E-state index in [9.17, 15) is 4.79 Å². The van der Waals surface area contributed by atoms with Crippen LogP contribution in [0.1, 0.15) is 27.0 Å². The fourth-order valence-corrected chi connectivity index (χ4v) is 4.51. The predicted molar refractivity (Wildman–Crippen MR) is 122 cm³/mol. The molecule has 5 rings (SSSR count). The summed E-state index contributed by atoms with van der Waals surface area (Å²) >= 11 is 0. The van der Waals surface area contributed by atoms with Gasteiger partial charge in [0.2, 0.25) is 0 Å². The number of nitrogen functional groups attached to an aromatic ring is 1. The third-order valence-electron chi connectivity index (χ3n) is 6.14. The molecule has 3 aromatic rings. The van der Waals surface area contributed by atoms with Crippen molar-refractivity contribution in [1.29, 1.82) is 5.41 Å². The lowest BCUT2D eigenvalue weighted by molar-refractivity contribution is 0.0736. The van der Waals surface area contributed by atoms with Gasteiger partial charge in [-0.3, -0.25) is 4.79 Å². The Morgan fingerprint density at radius 2 is 1.90 bits per heavy atom. The lowest BCUT2D eigenvalue weighted by atomic mass is 9.91. The molecule has 4 N–H and O–H groups in total. The van der Waals surface area contributed by atoms with Gasteiger partial charge in [-0.25, -0.2) is 4.98 Å². The number of amides is 1. The summed E-state index contributed by atoms with van der Waals surface area (Å²) in [5, 5.41) is 12.0. The molecule has 31 heavy (non-hydrogen) atoms. The van der Waals surface area contributed by atoms with Gasteiger partial charge in [0, 0.05) is 60.2 Å². The Hall–Kier alpha value is -3.29. The topological polar surface area (TPSA) is 104 Å². The van der Waals surface area contributed by atoms with Crippen molar-refractivity contribution in [2.75, 3.05) is 38.5 Å². The second-order valence-electron chi connectivity index (χ2n) is 7.95. The molecule has 2 aromatic carbocycles. The fraction of sp³-hybridized carbons (Fsp3) is 0.292. The van der Waals surface area contributed by atoms with E-state index in [-0.39, 0.29) is 5.91 Å². The van der Waals surface area contributed by atoms with Crippen LogP contribution in [0.15, 0.2) is 36.4 Å². The first-order valence-corrected chi connectivity index (χ1v) is 10.6. The first-order chi connectivity index (χ1) is 15.2. The Morgan fingerprint density at radius 1 is 1.13 bits per heavy atom. The number of carbonyl (C=O) groups is 1. The van der Waals surface area contributed by atoms with Gasteiger partial charge in [0.15, 0.2) is 0 Å². The average Bonchev–Trinajstić information content (AvgIpc) is 2.84. The predicted octanol–water partition coefficient (Wildman–Crippen LogP) is 2.60. The summed E-state index contributed by atoms with van der Waals surface area (Å²) in [6.45, 7) is 4.25. The van der Waals surface area contributed by atoms with Gasteiger partial charge in [-0.15, -0.1) is 0 Å². The van der Waals surface area contributed by atoms with Crippen LogP contribution in [-0.4, -0.2) is 54.8 Å². The second kappa shape index (κ2) is 8.09. The number of ether oxygens (including phenoxy) is 1. The smallest absolute Gasteiger partial charge is 0.253 e. The number of nitrogens with zero attached hydrogens (tertiary/aromatic N) is 2. The highest BCUT2D eigenvalue weighted by atomic mass is 16.5. The van der Waals surface area contributed by atoms with Gasteiger partial charge in [0.1, 0.15) is 0 Å². The molecular weight excluding hydrogens is 390 g/mol. The number of carbonyl (C=O) groups excluding carboxylic acids is 1. The zero-order valence-electron chi connectivity index (χ0n) is 17.3. The number of rotatable bonds is 3. The molecule has 1 saturated heterocycles. The number of fused-ring (bicyclic) bond motifs is 3. The van der Waals surface area contributed by atoms with Gasteiger partial charge in [0.05, 0.1) is 24.4 Å². The summed E-state index contributed by atoms with van der Waals surface area (Å²) < 4.78 is 5.75. The number of piperazine rings is 1. The summed E-state index contributed by atoms with van der Waals surface area (Å²) in [6.07, 6.45) is 2.05. The molecule has 0 aliphatic carbocycles. The standard InChI is InChI=1S/C24H25N5O2/c25-13-18-20(26)5-6-21-22(18)19-14-31-12-7-17(19)23(28-21)15-1-3-16(4-2-15)24(30)29-10-8-27-9-11-29/h1-6,13,25,27H,7-12,14,26H2. The molecule has 7 heteroatoms. The molecule has 1 fully saturated rings. The number of hydrogen-bond donors (Lipinski definition) is 3. The van der Waals surface area contributed by atoms with Gasteiger partial charge in [-0.2, -0.15) is 0 Å². The maximum Gasteiger partial charge on any atom is 0.253 e. The Balaban J connectivity index is 1.58. The Morgan fingerprint density at radius 3 is 2.65 bits per heavy atom. The SMILES string of the molecule is N=Cc1c(N)ccc2nc(-c3ccc(C(=O)N4CCNCC4)cc3)c3c(c12)COCC3. The molecular formula is C24H25N5O2. The van der Waals surface area contributed by atoms with Gasteiger partial charge >= 0.3 is 0 Å². The molecule has 0 unspecified atom stereocenters. The highest BCUT2D eigenvalue weighted by Gasteiger charge is 2.23.